The normalized spacial score (nSPS) is 16.8. The standard InChI is InChI=1S/C19H27N3O2/c1-12(2)22-14(4)17(13(3)21-22)10-20-16-9-15-7-6-8-18(23-5)19(15)24-11-16/h6-8,12,16,20H,9-11H2,1-5H3. The largest absolute Gasteiger partial charge is 0.493 e. The van der Waals surface area contributed by atoms with E-state index >= 15 is 0 Å². The summed E-state index contributed by atoms with van der Waals surface area (Å²) in [6.45, 7) is 10.0. The molecule has 1 unspecified atom stereocenters. The fraction of sp³-hybridized carbons (Fsp3) is 0.526. The minimum atomic E-state index is 0.297. The Morgan fingerprint density at radius 3 is 2.83 bits per heavy atom. The van der Waals surface area contributed by atoms with Crippen molar-refractivity contribution in [2.24, 2.45) is 0 Å². The summed E-state index contributed by atoms with van der Waals surface area (Å²) < 4.78 is 13.4. The predicted octanol–water partition coefficient (Wildman–Crippen LogP) is 3.18. The number of nitrogens with one attached hydrogen (secondary N) is 1. The highest BCUT2D eigenvalue weighted by Gasteiger charge is 2.23. The van der Waals surface area contributed by atoms with Gasteiger partial charge in [0.15, 0.2) is 11.5 Å². The highest BCUT2D eigenvalue weighted by molar-refractivity contribution is 5.48. The van der Waals surface area contributed by atoms with Crippen LogP contribution in [0.5, 0.6) is 11.5 Å². The maximum absolute atomic E-state index is 5.94. The molecule has 0 bridgehead atoms. The van der Waals surface area contributed by atoms with Crippen LogP contribution in [0.25, 0.3) is 0 Å². The van der Waals surface area contributed by atoms with E-state index in [4.69, 9.17) is 9.47 Å². The van der Waals surface area contributed by atoms with Gasteiger partial charge in [-0.15, -0.1) is 0 Å². The lowest BCUT2D eigenvalue weighted by atomic mass is 10.0. The van der Waals surface area contributed by atoms with E-state index in [0.717, 1.165) is 30.2 Å². The summed E-state index contributed by atoms with van der Waals surface area (Å²) in [5, 5.41) is 8.29. The van der Waals surface area contributed by atoms with Crippen molar-refractivity contribution < 1.29 is 9.47 Å². The third-order valence-corrected chi connectivity index (χ3v) is 4.71. The molecule has 130 valence electrons. The topological polar surface area (TPSA) is 48.3 Å². The third kappa shape index (κ3) is 3.13. The third-order valence-electron chi connectivity index (χ3n) is 4.71. The second-order valence-electron chi connectivity index (χ2n) is 6.73. The van der Waals surface area contributed by atoms with Crippen LogP contribution in [0.3, 0.4) is 0 Å². The van der Waals surface area contributed by atoms with Crippen LogP contribution in [0.1, 0.15) is 42.4 Å². The molecule has 0 saturated carbocycles. The van der Waals surface area contributed by atoms with Crippen molar-refractivity contribution in [3.05, 3.63) is 40.7 Å². The number of hydrogen-bond donors (Lipinski definition) is 1. The summed E-state index contributed by atoms with van der Waals surface area (Å²) in [6, 6.07) is 6.75. The smallest absolute Gasteiger partial charge is 0.164 e. The van der Waals surface area contributed by atoms with Gasteiger partial charge in [-0.2, -0.15) is 5.10 Å². The predicted molar refractivity (Wildman–Crippen MR) is 94.9 cm³/mol. The minimum Gasteiger partial charge on any atom is -0.493 e. The zero-order valence-corrected chi connectivity index (χ0v) is 15.2. The molecule has 0 saturated heterocycles. The summed E-state index contributed by atoms with van der Waals surface area (Å²) in [4.78, 5) is 0. The number of aryl methyl sites for hydroxylation is 1. The Balaban J connectivity index is 1.69. The highest BCUT2D eigenvalue weighted by Crippen LogP contribution is 2.34. The van der Waals surface area contributed by atoms with Crippen molar-refractivity contribution in [3.8, 4) is 11.5 Å². The van der Waals surface area contributed by atoms with Crippen molar-refractivity contribution in [1.82, 2.24) is 15.1 Å². The van der Waals surface area contributed by atoms with E-state index in [1.54, 1.807) is 7.11 Å². The van der Waals surface area contributed by atoms with Gasteiger partial charge in [0, 0.05) is 29.9 Å². The van der Waals surface area contributed by atoms with Gasteiger partial charge in [-0.3, -0.25) is 4.68 Å². The molecular weight excluding hydrogens is 302 g/mol. The van der Waals surface area contributed by atoms with Crippen LogP contribution in [-0.2, 0) is 13.0 Å². The first-order chi connectivity index (χ1) is 11.5. The van der Waals surface area contributed by atoms with Crippen molar-refractivity contribution in [2.45, 2.75) is 52.7 Å². The van der Waals surface area contributed by atoms with E-state index in [0.29, 0.717) is 18.7 Å². The van der Waals surface area contributed by atoms with Crippen LogP contribution < -0.4 is 14.8 Å². The zero-order valence-electron chi connectivity index (χ0n) is 15.2. The molecule has 2 aromatic rings. The molecule has 5 nitrogen and oxygen atoms in total. The first-order valence-corrected chi connectivity index (χ1v) is 8.58. The number of methoxy groups -OCH3 is 1. The number of aromatic nitrogens is 2. The van der Waals surface area contributed by atoms with Gasteiger partial charge in [-0.25, -0.2) is 0 Å². The summed E-state index contributed by atoms with van der Waals surface area (Å²) in [7, 11) is 1.68. The van der Waals surface area contributed by atoms with Gasteiger partial charge >= 0.3 is 0 Å². The molecule has 3 rings (SSSR count). The number of fused-ring (bicyclic) bond motifs is 1. The van der Waals surface area contributed by atoms with Crippen molar-refractivity contribution >= 4 is 0 Å². The first kappa shape index (κ1) is 16.8. The van der Waals surface area contributed by atoms with Gasteiger partial charge in [0.25, 0.3) is 0 Å². The van der Waals surface area contributed by atoms with Crippen molar-refractivity contribution in [1.29, 1.82) is 0 Å². The number of benzene rings is 1. The van der Waals surface area contributed by atoms with E-state index in [1.807, 2.05) is 12.1 Å². The van der Waals surface area contributed by atoms with Crippen molar-refractivity contribution in [3.63, 3.8) is 0 Å². The van der Waals surface area contributed by atoms with Gasteiger partial charge in [0.05, 0.1) is 12.8 Å². The Bertz CT molecular complexity index is 722. The number of rotatable bonds is 5. The number of ether oxygens (including phenoxy) is 2. The Morgan fingerprint density at radius 1 is 1.38 bits per heavy atom. The molecule has 5 heteroatoms. The molecular formula is C19H27N3O2. The van der Waals surface area contributed by atoms with E-state index in [-0.39, 0.29) is 0 Å². The van der Waals surface area contributed by atoms with Crippen LogP contribution in [0.4, 0.5) is 0 Å². The fourth-order valence-corrected chi connectivity index (χ4v) is 3.39. The van der Waals surface area contributed by atoms with Crippen molar-refractivity contribution in [2.75, 3.05) is 13.7 Å². The van der Waals surface area contributed by atoms with Crippen LogP contribution in [0.2, 0.25) is 0 Å². The molecule has 2 heterocycles. The Labute approximate surface area is 144 Å². The average molecular weight is 329 g/mol. The molecule has 1 atom stereocenters. The molecule has 0 spiro atoms. The second-order valence-corrected chi connectivity index (χ2v) is 6.73. The Kier molecular flexibility index (Phi) is 4.81. The summed E-state index contributed by atoms with van der Waals surface area (Å²) in [5.41, 5.74) is 4.84. The van der Waals surface area contributed by atoms with E-state index in [2.05, 4.69) is 48.9 Å². The number of nitrogens with zero attached hydrogens (tertiary/aromatic N) is 2. The summed E-state index contributed by atoms with van der Waals surface area (Å²) >= 11 is 0. The fourth-order valence-electron chi connectivity index (χ4n) is 3.39. The summed E-state index contributed by atoms with van der Waals surface area (Å²) in [6.07, 6.45) is 0.947. The molecule has 0 fully saturated rings. The van der Waals surface area contributed by atoms with Gasteiger partial charge in [-0.1, -0.05) is 12.1 Å². The molecule has 1 aliphatic rings. The lowest BCUT2D eigenvalue weighted by Gasteiger charge is -2.27. The van der Waals surface area contributed by atoms with Crippen LogP contribution in [0.15, 0.2) is 18.2 Å². The van der Waals surface area contributed by atoms with Gasteiger partial charge in [0.1, 0.15) is 6.61 Å². The zero-order chi connectivity index (χ0) is 17.3. The minimum absolute atomic E-state index is 0.297. The lowest BCUT2D eigenvalue weighted by Crippen LogP contribution is -2.39. The molecule has 0 amide bonds. The molecule has 1 N–H and O–H groups in total. The van der Waals surface area contributed by atoms with Crippen LogP contribution in [0, 0.1) is 13.8 Å². The molecule has 1 aliphatic heterocycles. The second kappa shape index (κ2) is 6.85. The maximum Gasteiger partial charge on any atom is 0.164 e. The average Bonchev–Trinajstić information content (AvgIpc) is 2.86. The molecule has 1 aromatic carbocycles. The molecule has 0 radical (unpaired) electrons. The number of hydrogen-bond acceptors (Lipinski definition) is 4. The van der Waals surface area contributed by atoms with E-state index in [9.17, 15) is 0 Å². The van der Waals surface area contributed by atoms with E-state index < -0.39 is 0 Å². The molecule has 1 aromatic heterocycles. The highest BCUT2D eigenvalue weighted by atomic mass is 16.5. The lowest BCUT2D eigenvalue weighted by molar-refractivity contribution is 0.226. The molecule has 24 heavy (non-hydrogen) atoms. The van der Waals surface area contributed by atoms with Gasteiger partial charge in [-0.05, 0) is 45.7 Å². The first-order valence-electron chi connectivity index (χ1n) is 8.58. The van der Waals surface area contributed by atoms with Gasteiger partial charge < -0.3 is 14.8 Å². The van der Waals surface area contributed by atoms with Crippen LogP contribution >= 0.6 is 0 Å². The van der Waals surface area contributed by atoms with Gasteiger partial charge in [0.2, 0.25) is 0 Å². The Hall–Kier alpha value is -2.01. The van der Waals surface area contributed by atoms with E-state index in [1.165, 1.54) is 16.8 Å². The Morgan fingerprint density at radius 2 is 2.17 bits per heavy atom. The van der Waals surface area contributed by atoms with Crippen LogP contribution in [-0.4, -0.2) is 29.5 Å². The monoisotopic (exact) mass is 329 g/mol. The summed E-state index contributed by atoms with van der Waals surface area (Å²) in [5.74, 6) is 1.70. The number of para-hydroxylation sites is 1. The quantitative estimate of drug-likeness (QED) is 0.915. The SMILES string of the molecule is COc1cccc2c1OCC(NCc1c(C)nn(C(C)C)c1C)C2. The molecule has 0 aliphatic carbocycles. The maximum atomic E-state index is 5.94.